The quantitative estimate of drug-likeness (QED) is 0.422. The summed E-state index contributed by atoms with van der Waals surface area (Å²) in [6.45, 7) is 2.84. The van der Waals surface area contributed by atoms with Gasteiger partial charge in [0.25, 0.3) is 6.01 Å². The Kier molecular flexibility index (Phi) is 5.47. The lowest BCUT2D eigenvalue weighted by Crippen LogP contribution is -2.45. The van der Waals surface area contributed by atoms with E-state index >= 15 is 0 Å². The molecule has 1 amide bonds. The maximum atomic E-state index is 13.7. The zero-order valence-electron chi connectivity index (χ0n) is 18.4. The highest BCUT2D eigenvalue weighted by atomic mass is 32.1. The van der Waals surface area contributed by atoms with Crippen LogP contribution in [0.5, 0.6) is 0 Å². The summed E-state index contributed by atoms with van der Waals surface area (Å²) in [5.41, 5.74) is 2.60. The van der Waals surface area contributed by atoms with Gasteiger partial charge in [0, 0.05) is 25.6 Å². The van der Waals surface area contributed by atoms with Crippen molar-refractivity contribution in [1.29, 1.82) is 0 Å². The number of amides is 1. The number of carbonyl (C=O) groups excluding carboxylic acids is 1. The van der Waals surface area contributed by atoms with Crippen LogP contribution >= 0.6 is 11.3 Å². The Balaban J connectivity index is 1.20. The van der Waals surface area contributed by atoms with Crippen LogP contribution in [0.15, 0.2) is 52.9 Å². The van der Waals surface area contributed by atoms with Gasteiger partial charge in [0.15, 0.2) is 10.7 Å². The highest BCUT2D eigenvalue weighted by Crippen LogP contribution is 2.33. The van der Waals surface area contributed by atoms with E-state index in [1.54, 1.807) is 11.3 Å². The summed E-state index contributed by atoms with van der Waals surface area (Å²) in [6.07, 6.45) is 3.66. The summed E-state index contributed by atoms with van der Waals surface area (Å²) in [7, 11) is 0. The third kappa shape index (κ3) is 4.09. The van der Waals surface area contributed by atoms with E-state index in [9.17, 15) is 4.79 Å². The lowest BCUT2D eigenvalue weighted by Gasteiger charge is -2.33. The molecule has 4 heterocycles. The molecule has 7 nitrogen and oxygen atoms in total. The van der Waals surface area contributed by atoms with Crippen LogP contribution in [0.1, 0.15) is 25.7 Å². The number of ether oxygens (including phenoxy) is 1. The van der Waals surface area contributed by atoms with Gasteiger partial charge in [-0.25, -0.2) is 4.98 Å². The van der Waals surface area contributed by atoms with E-state index in [4.69, 9.17) is 14.1 Å². The zero-order valence-corrected chi connectivity index (χ0v) is 19.2. The minimum Gasteiger partial charge on any atom is -0.423 e. The van der Waals surface area contributed by atoms with E-state index in [1.165, 1.54) is 0 Å². The third-order valence-electron chi connectivity index (χ3n) is 6.59. The molecule has 0 unspecified atom stereocenters. The fraction of sp³-hybridized carbons (Fsp3) is 0.400. The molecule has 33 heavy (non-hydrogen) atoms. The molecule has 2 fully saturated rings. The van der Waals surface area contributed by atoms with E-state index in [0.717, 1.165) is 71.8 Å². The predicted octanol–water partition coefficient (Wildman–Crippen LogP) is 4.87. The molecule has 8 heteroatoms. The molecule has 2 saturated heterocycles. The Morgan fingerprint density at radius 2 is 1.82 bits per heavy atom. The SMILES string of the molecule is O=C(C1CCN(c2nc3ccccc3o2)CC1)N(C[C@@H]1CCCO1)c1nc2ccccc2s1. The molecule has 4 aromatic rings. The zero-order chi connectivity index (χ0) is 22.2. The van der Waals surface area contributed by atoms with Gasteiger partial charge in [-0.2, -0.15) is 4.98 Å². The van der Waals surface area contributed by atoms with Crippen molar-refractivity contribution < 1.29 is 13.9 Å². The number of fused-ring (bicyclic) bond motifs is 2. The minimum atomic E-state index is -0.0426. The first-order valence-electron chi connectivity index (χ1n) is 11.6. The van der Waals surface area contributed by atoms with Crippen molar-refractivity contribution in [3.05, 3.63) is 48.5 Å². The number of rotatable bonds is 5. The highest BCUT2D eigenvalue weighted by Gasteiger charge is 2.34. The average molecular weight is 463 g/mol. The maximum absolute atomic E-state index is 13.7. The molecule has 0 radical (unpaired) electrons. The largest absolute Gasteiger partial charge is 0.423 e. The fourth-order valence-electron chi connectivity index (χ4n) is 4.76. The number of carbonyl (C=O) groups is 1. The molecule has 170 valence electrons. The number of hydrogen-bond donors (Lipinski definition) is 0. The smallest absolute Gasteiger partial charge is 0.298 e. The second kappa shape index (κ2) is 8.76. The summed E-state index contributed by atoms with van der Waals surface area (Å²) in [6, 6.07) is 16.5. The van der Waals surface area contributed by atoms with E-state index in [-0.39, 0.29) is 17.9 Å². The van der Waals surface area contributed by atoms with Crippen LogP contribution in [0.3, 0.4) is 0 Å². The van der Waals surface area contributed by atoms with Crippen LogP contribution in [-0.2, 0) is 9.53 Å². The number of aromatic nitrogens is 2. The summed E-state index contributed by atoms with van der Waals surface area (Å²) >= 11 is 1.58. The Hall–Kier alpha value is -2.97. The second-order valence-electron chi connectivity index (χ2n) is 8.77. The van der Waals surface area contributed by atoms with Gasteiger partial charge in [0.1, 0.15) is 5.52 Å². The lowest BCUT2D eigenvalue weighted by molar-refractivity contribution is -0.123. The Morgan fingerprint density at radius 1 is 1.03 bits per heavy atom. The number of anilines is 2. The number of oxazole rings is 1. The van der Waals surface area contributed by atoms with E-state index in [2.05, 4.69) is 16.0 Å². The molecule has 2 aliphatic rings. The van der Waals surface area contributed by atoms with Crippen molar-refractivity contribution in [2.45, 2.75) is 31.8 Å². The van der Waals surface area contributed by atoms with E-state index in [0.29, 0.717) is 12.6 Å². The first-order chi connectivity index (χ1) is 16.2. The Morgan fingerprint density at radius 3 is 2.58 bits per heavy atom. The van der Waals surface area contributed by atoms with Crippen molar-refractivity contribution in [2.24, 2.45) is 5.92 Å². The lowest BCUT2D eigenvalue weighted by atomic mass is 9.95. The van der Waals surface area contributed by atoms with E-state index in [1.807, 2.05) is 47.4 Å². The number of nitrogens with zero attached hydrogens (tertiary/aromatic N) is 4. The molecule has 0 N–H and O–H groups in total. The molecular formula is C25H26N4O3S. The summed E-state index contributed by atoms with van der Waals surface area (Å²) < 4.78 is 12.9. The van der Waals surface area contributed by atoms with Crippen LogP contribution < -0.4 is 9.80 Å². The van der Waals surface area contributed by atoms with Gasteiger partial charge in [-0.3, -0.25) is 9.69 Å². The monoisotopic (exact) mass is 462 g/mol. The van der Waals surface area contributed by atoms with Gasteiger partial charge >= 0.3 is 0 Å². The number of hydrogen-bond acceptors (Lipinski definition) is 7. The van der Waals surface area contributed by atoms with Gasteiger partial charge in [0.05, 0.1) is 22.9 Å². The number of thiazole rings is 1. The van der Waals surface area contributed by atoms with Crippen LogP contribution in [0, 0.1) is 5.92 Å². The van der Waals surface area contributed by atoms with Crippen LogP contribution in [0.4, 0.5) is 11.1 Å². The summed E-state index contributed by atoms with van der Waals surface area (Å²) in [5, 5.41) is 0.776. The number of piperidine rings is 1. The standard InChI is InChI=1S/C25H26N4O3S/c30-23(17-11-13-28(14-12-17)24-26-19-7-1-3-9-21(19)32-24)29(16-18-6-5-15-31-18)25-27-20-8-2-4-10-22(20)33-25/h1-4,7-10,17-18H,5-6,11-16H2/t18-/m0/s1. The van der Waals surface area contributed by atoms with Crippen LogP contribution in [-0.4, -0.2) is 48.2 Å². The van der Waals surface area contributed by atoms with E-state index < -0.39 is 0 Å². The molecule has 0 bridgehead atoms. The minimum absolute atomic E-state index is 0.0426. The normalized spacial score (nSPS) is 19.5. The molecule has 0 aliphatic carbocycles. The molecule has 1 atom stereocenters. The molecule has 0 saturated carbocycles. The Bertz CT molecular complexity index is 1200. The van der Waals surface area contributed by atoms with Crippen molar-refractivity contribution in [3.8, 4) is 0 Å². The first-order valence-corrected chi connectivity index (χ1v) is 12.5. The van der Waals surface area contributed by atoms with Crippen molar-refractivity contribution in [2.75, 3.05) is 36.0 Å². The van der Waals surface area contributed by atoms with Gasteiger partial charge in [-0.15, -0.1) is 0 Å². The maximum Gasteiger partial charge on any atom is 0.298 e. The second-order valence-corrected chi connectivity index (χ2v) is 9.78. The van der Waals surface area contributed by atoms with Crippen molar-refractivity contribution in [1.82, 2.24) is 9.97 Å². The number of para-hydroxylation sites is 3. The molecule has 0 spiro atoms. The van der Waals surface area contributed by atoms with Crippen molar-refractivity contribution in [3.63, 3.8) is 0 Å². The predicted molar refractivity (Wildman–Crippen MR) is 130 cm³/mol. The Labute approximate surface area is 196 Å². The van der Waals surface area contributed by atoms with Gasteiger partial charge < -0.3 is 14.1 Å². The average Bonchev–Trinajstić information content (AvgIpc) is 3.61. The number of benzene rings is 2. The molecule has 2 aromatic heterocycles. The van der Waals surface area contributed by atoms with Gasteiger partial charge in [-0.1, -0.05) is 35.6 Å². The van der Waals surface area contributed by atoms with Crippen molar-refractivity contribution >= 4 is 49.7 Å². The van der Waals surface area contributed by atoms with Gasteiger partial charge in [0.2, 0.25) is 5.91 Å². The molecule has 2 aliphatic heterocycles. The first kappa shape index (κ1) is 20.6. The summed E-state index contributed by atoms with van der Waals surface area (Å²) in [5.74, 6) is 0.112. The van der Waals surface area contributed by atoms with Crippen LogP contribution in [0.2, 0.25) is 0 Å². The van der Waals surface area contributed by atoms with Crippen LogP contribution in [0.25, 0.3) is 21.3 Å². The van der Waals surface area contributed by atoms with Gasteiger partial charge in [-0.05, 0) is 49.9 Å². The summed E-state index contributed by atoms with van der Waals surface area (Å²) in [4.78, 5) is 27.2. The topological polar surface area (TPSA) is 71.7 Å². The highest BCUT2D eigenvalue weighted by molar-refractivity contribution is 7.22. The molecule has 6 rings (SSSR count). The molecule has 2 aromatic carbocycles. The molecular weight excluding hydrogens is 436 g/mol. The third-order valence-corrected chi connectivity index (χ3v) is 7.65. The fourth-order valence-corrected chi connectivity index (χ4v) is 5.74.